The molecule has 0 aliphatic carbocycles. The van der Waals surface area contributed by atoms with Crippen molar-refractivity contribution in [1.29, 1.82) is 0 Å². The van der Waals surface area contributed by atoms with Crippen LogP contribution in [-0.2, 0) is 46.9 Å². The fourth-order valence-electron chi connectivity index (χ4n) is 3.58. The summed E-state index contributed by atoms with van der Waals surface area (Å²) in [5, 5.41) is 21.0. The van der Waals surface area contributed by atoms with E-state index in [2.05, 4.69) is 35.6 Å². The normalized spacial score (nSPS) is 16.6. The maximum atomic E-state index is 13.2. The fraction of sp³-hybridized carbons (Fsp3) is 0.750. The number of carbonyl (C=O) groups is 6. The Morgan fingerprint density at radius 3 is 1.64 bits per heavy atom. The number of nitrogens with one attached hydrogen (secondary N) is 5. The predicted molar refractivity (Wildman–Crippen MR) is 161 cm³/mol. The van der Waals surface area contributed by atoms with Gasteiger partial charge in [-0.15, -0.1) is 0 Å². The van der Waals surface area contributed by atoms with Gasteiger partial charge in [0.05, 0.1) is 19.3 Å². The van der Waals surface area contributed by atoms with Crippen LogP contribution in [0.25, 0.3) is 0 Å². The van der Waals surface area contributed by atoms with Gasteiger partial charge in [-0.25, -0.2) is 9.13 Å². The lowest BCUT2D eigenvalue weighted by atomic mass is 10.0. The number of aldehydes is 1. The molecule has 0 bridgehead atoms. The molecule has 272 valence electrons. The summed E-state index contributed by atoms with van der Waals surface area (Å²) in [4.78, 5) is 111. The van der Waals surface area contributed by atoms with Crippen molar-refractivity contribution < 1.29 is 71.6 Å². The average Bonchev–Trinajstić information content (AvgIpc) is 2.92. The highest BCUT2D eigenvalue weighted by molar-refractivity contribution is 7.46. The summed E-state index contributed by atoms with van der Waals surface area (Å²) in [6.07, 6.45) is -0.977. The van der Waals surface area contributed by atoms with Gasteiger partial charge in [0.1, 0.15) is 42.5 Å². The Hall–Kier alpha value is -2.84. The van der Waals surface area contributed by atoms with Gasteiger partial charge in [0.2, 0.25) is 29.5 Å². The van der Waals surface area contributed by atoms with Crippen LogP contribution >= 0.6 is 15.6 Å². The van der Waals surface area contributed by atoms with Crippen LogP contribution in [0.4, 0.5) is 0 Å². The number of nitrogens with two attached hydrogens (primary N) is 1. The minimum absolute atomic E-state index is 0.00679. The van der Waals surface area contributed by atoms with Gasteiger partial charge in [0.15, 0.2) is 0 Å². The van der Waals surface area contributed by atoms with E-state index in [1.54, 1.807) is 13.8 Å². The maximum absolute atomic E-state index is 13.2. The minimum Gasteiger partial charge on any atom is -0.391 e. The van der Waals surface area contributed by atoms with Gasteiger partial charge < -0.3 is 61.8 Å². The fourth-order valence-corrected chi connectivity index (χ4v) is 4.27. The van der Waals surface area contributed by atoms with E-state index in [-0.39, 0.29) is 18.6 Å². The average molecular weight is 721 g/mol. The number of hydrogen-bond donors (Lipinski definition) is 11. The Bertz CT molecular complexity index is 1190. The van der Waals surface area contributed by atoms with Crippen molar-refractivity contribution in [3.8, 4) is 0 Å². The summed E-state index contributed by atoms with van der Waals surface area (Å²) in [7, 11) is -10.1. The van der Waals surface area contributed by atoms with Crippen LogP contribution in [0.2, 0.25) is 0 Å². The number of amides is 5. The molecule has 0 saturated heterocycles. The first-order chi connectivity index (χ1) is 21.4. The lowest BCUT2D eigenvalue weighted by Gasteiger charge is -2.27. The summed E-state index contributed by atoms with van der Waals surface area (Å²) in [6, 6.07) is -8.80. The van der Waals surface area contributed by atoms with Crippen molar-refractivity contribution in [3.63, 3.8) is 0 Å². The second kappa shape index (κ2) is 19.9. The molecule has 0 fully saturated rings. The molecule has 0 spiro atoms. The van der Waals surface area contributed by atoms with Crippen LogP contribution in [0.5, 0.6) is 0 Å². The molecule has 0 heterocycles. The van der Waals surface area contributed by atoms with Gasteiger partial charge in [-0.3, -0.25) is 33.0 Å². The number of aliphatic hydroxyl groups is 1. The quantitative estimate of drug-likeness (QED) is 0.0401. The molecule has 0 aliphatic rings. The van der Waals surface area contributed by atoms with E-state index in [1.807, 2.05) is 0 Å². The number of aliphatic hydroxyl groups excluding tert-OH is 1. The molecule has 0 aromatic carbocycles. The number of phosphoric ester groups is 2. The van der Waals surface area contributed by atoms with Crippen LogP contribution in [0, 0.1) is 11.8 Å². The molecule has 0 aliphatic heterocycles. The van der Waals surface area contributed by atoms with Gasteiger partial charge in [0.25, 0.3) is 0 Å². The highest BCUT2D eigenvalue weighted by atomic mass is 31.2. The highest BCUT2D eigenvalue weighted by Gasteiger charge is 2.34. The molecule has 0 aromatic heterocycles. The maximum Gasteiger partial charge on any atom is 0.469 e. The van der Waals surface area contributed by atoms with E-state index in [1.165, 1.54) is 27.7 Å². The molecule has 12 N–H and O–H groups in total. The van der Waals surface area contributed by atoms with Gasteiger partial charge in [-0.2, -0.15) is 0 Å². The zero-order valence-electron chi connectivity index (χ0n) is 26.7. The Balaban J connectivity index is 5.81. The van der Waals surface area contributed by atoms with E-state index in [9.17, 15) is 43.0 Å². The number of rotatable bonds is 21. The van der Waals surface area contributed by atoms with Crippen molar-refractivity contribution in [2.75, 3.05) is 13.2 Å². The van der Waals surface area contributed by atoms with Crippen LogP contribution in [0.3, 0.4) is 0 Å². The molecule has 5 amide bonds. The van der Waals surface area contributed by atoms with Crippen LogP contribution in [0.1, 0.15) is 48.0 Å². The van der Waals surface area contributed by atoms with Crippen molar-refractivity contribution >= 4 is 51.5 Å². The van der Waals surface area contributed by atoms with Crippen molar-refractivity contribution in [2.45, 2.75) is 90.3 Å². The van der Waals surface area contributed by atoms with E-state index in [4.69, 9.17) is 25.3 Å². The Labute approximate surface area is 270 Å². The van der Waals surface area contributed by atoms with E-state index >= 15 is 0 Å². The molecule has 23 heteroatoms. The zero-order chi connectivity index (χ0) is 36.9. The molecule has 0 aromatic rings. The molecule has 7 atom stereocenters. The predicted octanol–water partition coefficient (Wildman–Crippen LogP) is -3.74. The van der Waals surface area contributed by atoms with Crippen LogP contribution in [0.15, 0.2) is 0 Å². The molecular formula is C24H46N6O15P2. The lowest BCUT2D eigenvalue weighted by molar-refractivity contribution is -0.135. The second-order valence-corrected chi connectivity index (χ2v) is 13.8. The summed E-state index contributed by atoms with van der Waals surface area (Å²) >= 11 is 0. The first-order valence-electron chi connectivity index (χ1n) is 14.2. The topological polar surface area (TPSA) is 342 Å². The molecule has 21 nitrogen and oxygen atoms in total. The largest absolute Gasteiger partial charge is 0.469 e. The third kappa shape index (κ3) is 18.3. The van der Waals surface area contributed by atoms with Crippen molar-refractivity contribution in [1.82, 2.24) is 26.6 Å². The SMILES string of the molecule is CC(C)C[C@H](NC(=O)[C@H](COP(=O)(O)O)NC(=O)[C@H](C)NC(=O)[C@@H](NC(=O)[C@@H](N)COP(=O)(O)O)C(C)C)C(=O)N[C@H](C=O)[C@@H](C)O. The molecular weight excluding hydrogens is 674 g/mol. The molecule has 0 saturated carbocycles. The Morgan fingerprint density at radius 2 is 1.19 bits per heavy atom. The van der Waals surface area contributed by atoms with Gasteiger partial charge in [-0.1, -0.05) is 27.7 Å². The standard InChI is InChI=1S/C24H46N6O15P2/c1-11(2)7-16(22(35)28-17(8-31)14(6)32)27-23(36)18(10-45-47(41,42)43)29-20(33)13(5)26-24(37)19(12(3)4)30-21(34)15(25)9-44-46(38,39)40/h8,11-19,32H,7,9-10,25H2,1-6H3,(H,26,37)(H,27,36)(H,28,35)(H,29,33)(H,30,34)(H2,38,39,40)(H2,41,42,43)/t13-,14+,15-,16-,17+,18-,19-/m0/s1. The van der Waals surface area contributed by atoms with Crippen molar-refractivity contribution in [3.05, 3.63) is 0 Å². The minimum atomic E-state index is -5.17. The van der Waals surface area contributed by atoms with E-state index < -0.39 is 107 Å². The molecule has 0 radical (unpaired) electrons. The summed E-state index contributed by atoms with van der Waals surface area (Å²) in [5.74, 6) is -5.80. The summed E-state index contributed by atoms with van der Waals surface area (Å²) in [5.41, 5.74) is 5.55. The second-order valence-electron chi connectivity index (χ2n) is 11.3. The number of hydrogen-bond acceptors (Lipinski definition) is 12. The first-order valence-corrected chi connectivity index (χ1v) is 17.2. The summed E-state index contributed by atoms with van der Waals surface area (Å²) in [6.45, 7) is 6.92. The smallest absolute Gasteiger partial charge is 0.391 e. The van der Waals surface area contributed by atoms with E-state index in [0.29, 0.717) is 0 Å². The number of carbonyl (C=O) groups excluding carboxylic acids is 6. The molecule has 0 unspecified atom stereocenters. The third-order valence-electron chi connectivity index (χ3n) is 6.12. The number of phosphoric acid groups is 2. The van der Waals surface area contributed by atoms with Crippen molar-refractivity contribution in [2.24, 2.45) is 17.6 Å². The molecule has 47 heavy (non-hydrogen) atoms. The molecule has 0 rings (SSSR count). The Morgan fingerprint density at radius 1 is 0.702 bits per heavy atom. The van der Waals surface area contributed by atoms with Gasteiger partial charge >= 0.3 is 15.6 Å². The van der Waals surface area contributed by atoms with Gasteiger partial charge in [0, 0.05) is 0 Å². The first kappa shape index (κ1) is 44.2. The van der Waals surface area contributed by atoms with Crippen LogP contribution in [-0.4, -0.2) is 116 Å². The zero-order valence-corrected chi connectivity index (χ0v) is 28.5. The summed E-state index contributed by atoms with van der Waals surface area (Å²) < 4.78 is 30.8. The van der Waals surface area contributed by atoms with E-state index in [0.717, 1.165) is 0 Å². The monoisotopic (exact) mass is 720 g/mol. The van der Waals surface area contributed by atoms with Crippen LogP contribution < -0.4 is 32.3 Å². The lowest BCUT2D eigenvalue weighted by Crippen LogP contribution is -2.60. The van der Waals surface area contributed by atoms with Gasteiger partial charge in [-0.05, 0) is 32.1 Å². The Kier molecular flexibility index (Phi) is 18.7. The third-order valence-corrected chi connectivity index (χ3v) is 7.09. The highest BCUT2D eigenvalue weighted by Crippen LogP contribution is 2.36.